The van der Waals surface area contributed by atoms with Crippen molar-refractivity contribution in [3.05, 3.63) is 45.9 Å². The van der Waals surface area contributed by atoms with Crippen LogP contribution in [0.5, 0.6) is 0 Å². The summed E-state index contributed by atoms with van der Waals surface area (Å²) in [6.07, 6.45) is 0. The molecule has 1 fully saturated rings. The Kier molecular flexibility index (Phi) is 5.33. The average molecular weight is 380 g/mol. The van der Waals surface area contributed by atoms with Crippen molar-refractivity contribution in [3.8, 4) is 0 Å². The molecule has 0 bridgehead atoms. The van der Waals surface area contributed by atoms with Crippen LogP contribution in [0.4, 0.5) is 0 Å². The quantitative estimate of drug-likeness (QED) is 0.745. The molecule has 1 aromatic carbocycles. The molecule has 8 heteroatoms. The molecule has 1 saturated heterocycles. The van der Waals surface area contributed by atoms with Crippen molar-refractivity contribution in [2.24, 2.45) is 0 Å². The third kappa shape index (κ3) is 4.14. The molecule has 0 amide bonds. The van der Waals surface area contributed by atoms with Crippen LogP contribution in [0.15, 0.2) is 34.5 Å². The predicted octanol–water partition coefficient (Wildman–Crippen LogP) is 2.16. The third-order valence-electron chi connectivity index (χ3n) is 4.28. The monoisotopic (exact) mass is 379 g/mol. The van der Waals surface area contributed by atoms with Gasteiger partial charge in [-0.1, -0.05) is 12.1 Å². The molecule has 2 aromatic rings. The number of rotatable bonds is 5. The van der Waals surface area contributed by atoms with E-state index in [2.05, 4.69) is 15.3 Å². The Morgan fingerprint density at radius 1 is 1.16 bits per heavy atom. The van der Waals surface area contributed by atoms with Crippen LogP contribution >= 0.6 is 11.3 Å². The van der Waals surface area contributed by atoms with E-state index in [1.165, 1.54) is 23.4 Å². The summed E-state index contributed by atoms with van der Waals surface area (Å²) >= 11 is 1.63. The summed E-state index contributed by atoms with van der Waals surface area (Å²) in [5, 5.41) is 3.10. The van der Waals surface area contributed by atoms with E-state index in [0.29, 0.717) is 31.7 Å². The number of hydrogen-bond acceptors (Lipinski definition) is 6. The first-order chi connectivity index (χ1) is 11.9. The molecule has 1 aliphatic rings. The summed E-state index contributed by atoms with van der Waals surface area (Å²) in [4.78, 5) is 18.2. The summed E-state index contributed by atoms with van der Waals surface area (Å²) in [6.45, 7) is 6.48. The molecule has 134 valence electrons. The van der Waals surface area contributed by atoms with Crippen molar-refractivity contribution in [2.45, 2.75) is 25.3 Å². The van der Waals surface area contributed by atoms with Gasteiger partial charge in [-0.15, -0.1) is 11.3 Å². The Morgan fingerprint density at radius 2 is 1.80 bits per heavy atom. The minimum absolute atomic E-state index is 0.0742. The first-order valence-electron chi connectivity index (χ1n) is 8.11. The van der Waals surface area contributed by atoms with E-state index in [9.17, 15) is 13.2 Å². The van der Waals surface area contributed by atoms with Gasteiger partial charge >= 0.3 is 0 Å². The van der Waals surface area contributed by atoms with Gasteiger partial charge in [0.2, 0.25) is 10.0 Å². The highest BCUT2D eigenvalue weighted by Crippen LogP contribution is 2.19. The van der Waals surface area contributed by atoms with E-state index in [-0.39, 0.29) is 10.7 Å². The Balaban J connectivity index is 1.63. The summed E-state index contributed by atoms with van der Waals surface area (Å²) in [7, 11) is -3.51. The van der Waals surface area contributed by atoms with Gasteiger partial charge in [-0.2, -0.15) is 4.31 Å². The normalized spacial score (nSPS) is 16.9. The number of piperazine rings is 1. The number of carbonyl (C=O) groups is 1. The molecular formula is C17H21N3O3S2. The maximum absolute atomic E-state index is 12.7. The highest BCUT2D eigenvalue weighted by molar-refractivity contribution is 7.89. The molecule has 0 radical (unpaired) electrons. The molecular weight excluding hydrogens is 358 g/mol. The fourth-order valence-electron chi connectivity index (χ4n) is 2.85. The highest BCUT2D eigenvalue weighted by atomic mass is 32.2. The lowest BCUT2D eigenvalue weighted by Crippen LogP contribution is -2.48. The van der Waals surface area contributed by atoms with Crippen molar-refractivity contribution in [2.75, 3.05) is 26.2 Å². The van der Waals surface area contributed by atoms with E-state index in [0.717, 1.165) is 17.2 Å². The van der Waals surface area contributed by atoms with Crippen LogP contribution in [0.3, 0.4) is 0 Å². The van der Waals surface area contributed by atoms with Crippen molar-refractivity contribution >= 4 is 27.1 Å². The second kappa shape index (κ2) is 7.33. The summed E-state index contributed by atoms with van der Waals surface area (Å²) < 4.78 is 27.0. The number of aromatic nitrogens is 1. The van der Waals surface area contributed by atoms with Crippen molar-refractivity contribution in [1.82, 2.24) is 14.2 Å². The number of benzene rings is 1. The Bertz CT molecular complexity index is 852. The van der Waals surface area contributed by atoms with E-state index >= 15 is 0 Å². The standard InChI is InChI=1S/C17H21N3O3S2/c1-13(21)15-3-5-17(6-4-15)25(22,23)20-9-7-19(8-10-20)11-16-12-24-14(2)18-16/h3-6,12H,7-11H2,1-2H3. The number of thiazole rings is 1. The van der Waals surface area contributed by atoms with Gasteiger partial charge in [0.15, 0.2) is 5.78 Å². The van der Waals surface area contributed by atoms with Gasteiger partial charge in [0.1, 0.15) is 0 Å². The highest BCUT2D eigenvalue weighted by Gasteiger charge is 2.28. The Morgan fingerprint density at radius 3 is 2.32 bits per heavy atom. The van der Waals surface area contributed by atoms with Crippen LogP contribution in [-0.4, -0.2) is 54.6 Å². The summed E-state index contributed by atoms with van der Waals surface area (Å²) in [5.41, 5.74) is 1.56. The molecule has 0 atom stereocenters. The SMILES string of the molecule is CC(=O)c1ccc(S(=O)(=O)N2CCN(Cc3csc(C)n3)CC2)cc1. The fraction of sp³-hybridized carbons (Fsp3) is 0.412. The molecule has 0 N–H and O–H groups in total. The number of ketones is 1. The van der Waals surface area contributed by atoms with E-state index in [4.69, 9.17) is 0 Å². The van der Waals surface area contributed by atoms with Crippen LogP contribution in [0.2, 0.25) is 0 Å². The van der Waals surface area contributed by atoms with Gasteiger partial charge in [-0.3, -0.25) is 9.69 Å². The molecule has 3 rings (SSSR count). The van der Waals surface area contributed by atoms with Gasteiger partial charge in [-0.25, -0.2) is 13.4 Å². The second-order valence-electron chi connectivity index (χ2n) is 6.12. The van der Waals surface area contributed by atoms with Crippen molar-refractivity contribution in [3.63, 3.8) is 0 Å². The lowest BCUT2D eigenvalue weighted by molar-refractivity contribution is 0.101. The minimum atomic E-state index is -3.51. The predicted molar refractivity (Wildman–Crippen MR) is 97.3 cm³/mol. The molecule has 0 aliphatic carbocycles. The number of nitrogens with zero attached hydrogens (tertiary/aromatic N) is 3. The Labute approximate surface area is 152 Å². The zero-order valence-electron chi connectivity index (χ0n) is 14.3. The fourth-order valence-corrected chi connectivity index (χ4v) is 4.87. The largest absolute Gasteiger partial charge is 0.295 e. The Hall–Kier alpha value is -1.61. The van der Waals surface area contributed by atoms with E-state index in [1.54, 1.807) is 23.5 Å². The second-order valence-corrected chi connectivity index (χ2v) is 9.12. The number of hydrogen-bond donors (Lipinski definition) is 0. The molecule has 0 spiro atoms. The number of sulfonamides is 1. The van der Waals surface area contributed by atoms with Gasteiger partial charge in [0, 0.05) is 43.7 Å². The summed E-state index contributed by atoms with van der Waals surface area (Å²) in [6, 6.07) is 6.15. The smallest absolute Gasteiger partial charge is 0.243 e. The first kappa shape index (κ1) is 18.2. The zero-order valence-corrected chi connectivity index (χ0v) is 15.9. The minimum Gasteiger partial charge on any atom is -0.295 e. The molecule has 0 saturated carbocycles. The molecule has 25 heavy (non-hydrogen) atoms. The maximum Gasteiger partial charge on any atom is 0.243 e. The van der Waals surface area contributed by atoms with E-state index in [1.807, 2.05) is 6.92 Å². The lowest BCUT2D eigenvalue weighted by atomic mass is 10.2. The van der Waals surface area contributed by atoms with Crippen LogP contribution in [0.25, 0.3) is 0 Å². The molecule has 0 unspecified atom stereocenters. The molecule has 1 aromatic heterocycles. The maximum atomic E-state index is 12.7. The molecule has 1 aliphatic heterocycles. The van der Waals surface area contributed by atoms with Crippen LogP contribution in [-0.2, 0) is 16.6 Å². The van der Waals surface area contributed by atoms with Gasteiger partial charge in [0.05, 0.1) is 15.6 Å². The van der Waals surface area contributed by atoms with Crippen molar-refractivity contribution < 1.29 is 13.2 Å². The van der Waals surface area contributed by atoms with Gasteiger partial charge in [0.25, 0.3) is 0 Å². The number of carbonyl (C=O) groups excluding carboxylic acids is 1. The third-order valence-corrected chi connectivity index (χ3v) is 7.02. The number of Topliss-reactive ketones (excluding diaryl/α,β-unsaturated/α-hetero) is 1. The lowest BCUT2D eigenvalue weighted by Gasteiger charge is -2.33. The van der Waals surface area contributed by atoms with Gasteiger partial charge in [-0.05, 0) is 26.0 Å². The average Bonchev–Trinajstić information content (AvgIpc) is 3.00. The zero-order chi connectivity index (χ0) is 18.0. The van der Waals surface area contributed by atoms with Crippen LogP contribution in [0.1, 0.15) is 28.0 Å². The first-order valence-corrected chi connectivity index (χ1v) is 10.4. The molecule has 6 nitrogen and oxygen atoms in total. The summed E-state index contributed by atoms with van der Waals surface area (Å²) in [5.74, 6) is -0.0742. The number of aryl methyl sites for hydroxylation is 1. The topological polar surface area (TPSA) is 70.6 Å². The van der Waals surface area contributed by atoms with E-state index < -0.39 is 10.0 Å². The van der Waals surface area contributed by atoms with Crippen LogP contribution < -0.4 is 0 Å². The van der Waals surface area contributed by atoms with Crippen LogP contribution in [0, 0.1) is 6.92 Å². The van der Waals surface area contributed by atoms with Crippen molar-refractivity contribution in [1.29, 1.82) is 0 Å². The van der Waals surface area contributed by atoms with Gasteiger partial charge < -0.3 is 0 Å². The molecule has 2 heterocycles.